The number of benzene rings is 2. The molecule has 0 radical (unpaired) electrons. The zero-order chi connectivity index (χ0) is 21.0. The van der Waals surface area contributed by atoms with Gasteiger partial charge >= 0.3 is 0 Å². The standard InChI is InChI=1S/C26H34N2O2/c1-3-5-18-28(19-6-4-2)20-9-21-29-23-15-12-22(13-16-23)14-17-26-27-24-10-7-8-11-25(24)30-26/h7-8,10-17H,3-6,9,18-21H2,1-2H3/b17-14+. The molecule has 1 heterocycles. The summed E-state index contributed by atoms with van der Waals surface area (Å²) in [5, 5.41) is 0. The maximum absolute atomic E-state index is 5.94. The first-order chi connectivity index (χ1) is 14.8. The number of para-hydroxylation sites is 2. The van der Waals surface area contributed by atoms with Gasteiger partial charge in [-0.2, -0.15) is 0 Å². The number of unbranched alkanes of at least 4 members (excludes halogenated alkanes) is 2. The molecule has 0 aliphatic rings. The highest BCUT2D eigenvalue weighted by Crippen LogP contribution is 2.18. The number of ether oxygens (including phenoxy) is 1. The number of rotatable bonds is 13. The lowest BCUT2D eigenvalue weighted by Crippen LogP contribution is -2.28. The van der Waals surface area contributed by atoms with Gasteiger partial charge in [-0.15, -0.1) is 0 Å². The summed E-state index contributed by atoms with van der Waals surface area (Å²) < 4.78 is 11.7. The molecule has 0 aliphatic carbocycles. The average Bonchev–Trinajstić information content (AvgIpc) is 3.20. The van der Waals surface area contributed by atoms with Gasteiger partial charge in [-0.3, -0.25) is 0 Å². The van der Waals surface area contributed by atoms with Crippen LogP contribution in [0.2, 0.25) is 0 Å². The molecular weight excluding hydrogens is 372 g/mol. The monoisotopic (exact) mass is 406 g/mol. The maximum atomic E-state index is 5.94. The average molecular weight is 407 g/mol. The van der Waals surface area contributed by atoms with Crippen molar-refractivity contribution < 1.29 is 9.15 Å². The molecule has 0 saturated heterocycles. The number of hydrogen-bond acceptors (Lipinski definition) is 4. The second kappa shape index (κ2) is 12.2. The van der Waals surface area contributed by atoms with Crippen molar-refractivity contribution in [2.24, 2.45) is 0 Å². The van der Waals surface area contributed by atoms with Crippen LogP contribution in [0.4, 0.5) is 0 Å². The summed E-state index contributed by atoms with van der Waals surface area (Å²) in [7, 11) is 0. The highest BCUT2D eigenvalue weighted by Gasteiger charge is 2.04. The van der Waals surface area contributed by atoms with Crippen LogP contribution in [-0.4, -0.2) is 36.1 Å². The molecular formula is C26H34N2O2. The summed E-state index contributed by atoms with van der Waals surface area (Å²) in [6, 6.07) is 16.0. The van der Waals surface area contributed by atoms with E-state index in [0.717, 1.165) is 42.0 Å². The van der Waals surface area contributed by atoms with Crippen LogP contribution >= 0.6 is 0 Å². The van der Waals surface area contributed by atoms with Gasteiger partial charge in [0.05, 0.1) is 6.61 Å². The van der Waals surface area contributed by atoms with Gasteiger partial charge in [0.15, 0.2) is 5.58 Å². The highest BCUT2D eigenvalue weighted by atomic mass is 16.5. The topological polar surface area (TPSA) is 38.5 Å². The molecule has 30 heavy (non-hydrogen) atoms. The lowest BCUT2D eigenvalue weighted by Gasteiger charge is -2.21. The van der Waals surface area contributed by atoms with Gasteiger partial charge in [-0.05, 0) is 68.3 Å². The van der Waals surface area contributed by atoms with Crippen LogP contribution < -0.4 is 4.74 Å². The second-order valence-corrected chi connectivity index (χ2v) is 7.67. The number of aromatic nitrogens is 1. The van der Waals surface area contributed by atoms with Gasteiger partial charge in [0.1, 0.15) is 11.3 Å². The second-order valence-electron chi connectivity index (χ2n) is 7.67. The Labute approximate surface area is 180 Å². The Morgan fingerprint density at radius 2 is 1.57 bits per heavy atom. The van der Waals surface area contributed by atoms with Crippen molar-refractivity contribution in [3.05, 3.63) is 60.0 Å². The molecule has 2 aromatic carbocycles. The predicted octanol–water partition coefficient (Wildman–Crippen LogP) is 6.67. The summed E-state index contributed by atoms with van der Waals surface area (Å²) >= 11 is 0. The van der Waals surface area contributed by atoms with E-state index in [9.17, 15) is 0 Å². The summed E-state index contributed by atoms with van der Waals surface area (Å²) in [6.45, 7) is 8.80. The van der Waals surface area contributed by atoms with Gasteiger partial charge in [0.25, 0.3) is 0 Å². The molecule has 0 atom stereocenters. The predicted molar refractivity (Wildman–Crippen MR) is 126 cm³/mol. The Kier molecular flexibility index (Phi) is 8.98. The molecule has 0 amide bonds. The van der Waals surface area contributed by atoms with Crippen LogP contribution in [0, 0.1) is 0 Å². The SMILES string of the molecule is CCCCN(CCCC)CCCOc1ccc(/C=C/c2nc3ccccc3o2)cc1. The van der Waals surface area contributed by atoms with Gasteiger partial charge in [0.2, 0.25) is 5.89 Å². The third-order valence-corrected chi connectivity index (χ3v) is 5.15. The normalized spacial score (nSPS) is 11.7. The molecule has 3 rings (SSSR count). The van der Waals surface area contributed by atoms with Crippen molar-refractivity contribution >= 4 is 23.3 Å². The van der Waals surface area contributed by atoms with Crippen molar-refractivity contribution in [2.75, 3.05) is 26.2 Å². The third-order valence-electron chi connectivity index (χ3n) is 5.15. The summed E-state index contributed by atoms with van der Waals surface area (Å²) in [4.78, 5) is 7.04. The molecule has 1 aromatic heterocycles. The van der Waals surface area contributed by atoms with Gasteiger partial charge in [0, 0.05) is 12.6 Å². The maximum Gasteiger partial charge on any atom is 0.220 e. The van der Waals surface area contributed by atoms with Crippen LogP contribution in [-0.2, 0) is 0 Å². The molecule has 160 valence electrons. The fourth-order valence-electron chi connectivity index (χ4n) is 3.38. The van der Waals surface area contributed by atoms with E-state index in [2.05, 4.69) is 35.9 Å². The summed E-state index contributed by atoms with van der Waals surface area (Å²) in [5.41, 5.74) is 2.78. The number of fused-ring (bicyclic) bond motifs is 1. The Hall–Kier alpha value is -2.59. The van der Waals surface area contributed by atoms with Gasteiger partial charge in [-0.1, -0.05) is 51.0 Å². The van der Waals surface area contributed by atoms with E-state index in [4.69, 9.17) is 9.15 Å². The Balaban J connectivity index is 1.43. The van der Waals surface area contributed by atoms with Crippen molar-refractivity contribution in [1.82, 2.24) is 9.88 Å². The first-order valence-corrected chi connectivity index (χ1v) is 11.3. The lowest BCUT2D eigenvalue weighted by molar-refractivity contribution is 0.229. The van der Waals surface area contributed by atoms with Crippen LogP contribution in [0.1, 0.15) is 57.4 Å². The van der Waals surface area contributed by atoms with E-state index in [1.807, 2.05) is 48.6 Å². The van der Waals surface area contributed by atoms with Crippen LogP contribution in [0.25, 0.3) is 23.3 Å². The number of hydrogen-bond donors (Lipinski definition) is 0. The Bertz CT molecular complexity index is 858. The van der Waals surface area contributed by atoms with Crippen molar-refractivity contribution in [1.29, 1.82) is 0 Å². The largest absolute Gasteiger partial charge is 0.494 e. The third kappa shape index (κ3) is 7.03. The van der Waals surface area contributed by atoms with E-state index in [1.54, 1.807) is 0 Å². The van der Waals surface area contributed by atoms with Gasteiger partial charge < -0.3 is 14.1 Å². The first-order valence-electron chi connectivity index (χ1n) is 11.3. The van der Waals surface area contributed by atoms with Gasteiger partial charge in [-0.25, -0.2) is 4.98 Å². The quantitative estimate of drug-likeness (QED) is 0.297. The molecule has 0 saturated carbocycles. The molecule has 0 fully saturated rings. The fourth-order valence-corrected chi connectivity index (χ4v) is 3.38. The van der Waals surface area contributed by atoms with E-state index in [1.165, 1.54) is 38.8 Å². The first kappa shape index (κ1) is 22.1. The van der Waals surface area contributed by atoms with Crippen LogP contribution in [0.3, 0.4) is 0 Å². The molecule has 0 unspecified atom stereocenters. The van der Waals surface area contributed by atoms with E-state index < -0.39 is 0 Å². The molecule has 3 aromatic rings. The molecule has 0 N–H and O–H groups in total. The molecule has 0 spiro atoms. The van der Waals surface area contributed by atoms with E-state index >= 15 is 0 Å². The summed E-state index contributed by atoms with van der Waals surface area (Å²) in [6.07, 6.45) is 10.0. The molecule has 4 heteroatoms. The number of oxazole rings is 1. The van der Waals surface area contributed by atoms with Crippen molar-refractivity contribution in [2.45, 2.75) is 46.0 Å². The van der Waals surface area contributed by atoms with Crippen molar-refractivity contribution in [3.8, 4) is 5.75 Å². The van der Waals surface area contributed by atoms with E-state index in [0.29, 0.717) is 5.89 Å². The molecule has 0 aliphatic heterocycles. The minimum absolute atomic E-state index is 0.618. The van der Waals surface area contributed by atoms with Crippen LogP contribution in [0.5, 0.6) is 5.75 Å². The summed E-state index contributed by atoms with van der Waals surface area (Å²) in [5.74, 6) is 1.54. The number of nitrogens with zero attached hydrogens (tertiary/aromatic N) is 2. The van der Waals surface area contributed by atoms with E-state index in [-0.39, 0.29) is 0 Å². The van der Waals surface area contributed by atoms with Crippen LogP contribution in [0.15, 0.2) is 52.9 Å². The zero-order valence-corrected chi connectivity index (χ0v) is 18.3. The van der Waals surface area contributed by atoms with Crippen molar-refractivity contribution in [3.63, 3.8) is 0 Å². The molecule has 0 bridgehead atoms. The lowest BCUT2D eigenvalue weighted by atomic mass is 10.2. The minimum atomic E-state index is 0.618. The highest BCUT2D eigenvalue weighted by molar-refractivity contribution is 5.75. The zero-order valence-electron chi connectivity index (χ0n) is 18.3. The Morgan fingerprint density at radius 1 is 0.867 bits per heavy atom. The minimum Gasteiger partial charge on any atom is -0.494 e. The Morgan fingerprint density at radius 3 is 2.27 bits per heavy atom. The fraction of sp³-hybridized carbons (Fsp3) is 0.423. The molecule has 4 nitrogen and oxygen atoms in total. The smallest absolute Gasteiger partial charge is 0.220 e.